The van der Waals surface area contributed by atoms with E-state index in [1.165, 1.54) is 14.2 Å². The van der Waals surface area contributed by atoms with E-state index in [1.54, 1.807) is 25.1 Å². The van der Waals surface area contributed by atoms with Crippen LogP contribution >= 0.6 is 19.2 Å². The fraction of sp³-hybridized carbons (Fsp3) is 0.429. The summed E-state index contributed by atoms with van der Waals surface area (Å²) in [7, 11) is -1.63. The lowest BCUT2D eigenvalue weighted by atomic mass is 10.1. The molecular formula is C14H22Cl2NO7P. The summed E-state index contributed by atoms with van der Waals surface area (Å²) in [4.78, 5) is 1.75. The number of halogens is 2. The fourth-order valence-corrected chi connectivity index (χ4v) is 3.57. The first kappa shape index (κ1) is 24.5. The summed E-state index contributed by atoms with van der Waals surface area (Å²) in [5.74, 6) is -0.550. The Morgan fingerprint density at radius 3 is 1.96 bits per heavy atom. The molecule has 0 saturated carbocycles. The molecule has 8 nitrogen and oxygen atoms in total. The quantitative estimate of drug-likeness (QED) is 0.631. The lowest BCUT2D eigenvalue weighted by Gasteiger charge is -2.27. The van der Waals surface area contributed by atoms with Gasteiger partial charge in [0.15, 0.2) is 0 Å². The number of aryl methyl sites for hydroxylation is 1. The average molecular weight is 418 g/mol. The molecule has 0 amide bonds. The van der Waals surface area contributed by atoms with Crippen LogP contribution in [0.2, 0.25) is 0 Å². The highest BCUT2D eigenvalue weighted by Gasteiger charge is 2.34. The molecule has 1 N–H and O–H groups in total. The van der Waals surface area contributed by atoms with Gasteiger partial charge in [0.25, 0.3) is 0 Å². The van der Waals surface area contributed by atoms with Gasteiger partial charge in [0.2, 0.25) is 0 Å². The Hall–Kier alpha value is -0.510. The van der Waals surface area contributed by atoms with Gasteiger partial charge in [0.1, 0.15) is 5.78 Å². The third kappa shape index (κ3) is 9.67. The third-order valence-corrected chi connectivity index (χ3v) is 5.61. The molecule has 0 aromatic heterocycles. The average Bonchev–Trinajstić information content (AvgIpc) is 2.50. The second-order valence-electron chi connectivity index (χ2n) is 5.06. The Balaban J connectivity index is 0.00000101. The van der Waals surface area contributed by atoms with Crippen molar-refractivity contribution in [2.45, 2.75) is 12.7 Å². The third-order valence-electron chi connectivity index (χ3n) is 2.98. The SMILES string of the molecule is COP(=O)(OC)C(/C=C(\Cl)c1ccc(C)cc1)N(C)C.[O-][Cl+3]([O-])([O-])O. The van der Waals surface area contributed by atoms with Gasteiger partial charge in [0.05, 0.1) is 14.9 Å². The Morgan fingerprint density at radius 2 is 1.64 bits per heavy atom. The van der Waals surface area contributed by atoms with Gasteiger partial charge in [-0.25, -0.2) is 0 Å². The molecule has 0 aliphatic rings. The lowest BCUT2D eigenvalue weighted by Crippen LogP contribution is -2.58. The van der Waals surface area contributed by atoms with E-state index in [9.17, 15) is 4.57 Å². The Bertz CT molecular complexity index is 588. The minimum Gasteiger partial charge on any atom is -0.311 e. The van der Waals surface area contributed by atoms with Crippen molar-refractivity contribution < 1.29 is 42.5 Å². The Labute approximate surface area is 154 Å². The van der Waals surface area contributed by atoms with Gasteiger partial charge >= 0.3 is 7.60 Å². The zero-order valence-corrected chi connectivity index (χ0v) is 16.9. The van der Waals surface area contributed by atoms with Crippen molar-refractivity contribution in [1.29, 1.82) is 0 Å². The summed E-state index contributed by atoms with van der Waals surface area (Å²) < 4.78 is 55.4. The van der Waals surface area contributed by atoms with E-state index in [-0.39, 0.29) is 0 Å². The number of rotatable bonds is 6. The summed E-state index contributed by atoms with van der Waals surface area (Å²) in [6.45, 7) is 2.01. The smallest absolute Gasteiger partial charge is 0.311 e. The van der Waals surface area contributed by atoms with Crippen LogP contribution in [0, 0.1) is 17.2 Å². The van der Waals surface area contributed by atoms with Crippen molar-refractivity contribution in [2.24, 2.45) is 0 Å². The first-order valence-corrected chi connectivity index (χ1v) is 10.0. The van der Waals surface area contributed by atoms with Gasteiger partial charge in [0, 0.05) is 19.3 Å². The van der Waals surface area contributed by atoms with Crippen LogP contribution in [0.4, 0.5) is 0 Å². The van der Waals surface area contributed by atoms with E-state index in [0.717, 1.165) is 11.1 Å². The second-order valence-corrected chi connectivity index (χ2v) is 8.60. The maximum atomic E-state index is 12.5. The van der Waals surface area contributed by atoms with Crippen LogP contribution in [0.1, 0.15) is 11.1 Å². The van der Waals surface area contributed by atoms with Gasteiger partial charge in [-0.15, -0.1) is 0 Å². The minimum absolute atomic E-state index is 0.512. The highest BCUT2D eigenvalue weighted by atomic mass is 35.7. The van der Waals surface area contributed by atoms with Crippen LogP contribution < -0.4 is 14.0 Å². The standard InChI is InChI=1S/C14H21ClNO3P.ClHO4/c1-11-6-8-12(9-7-11)13(15)10-14(16(2)3)20(17,18-4)19-5;2-1(3,4)5/h6-10,14H,1-5H3;(H,2,3,4,5)/b13-10-;. The van der Waals surface area contributed by atoms with E-state index in [2.05, 4.69) is 0 Å². The number of hydrogen-bond donors (Lipinski definition) is 1. The topological polar surface area (TPSA) is 128 Å². The molecule has 0 fully saturated rings. The van der Waals surface area contributed by atoms with Gasteiger partial charge in [-0.1, -0.05) is 41.4 Å². The van der Waals surface area contributed by atoms with Crippen molar-refractivity contribution in [2.75, 3.05) is 28.3 Å². The molecule has 1 aromatic rings. The monoisotopic (exact) mass is 417 g/mol. The van der Waals surface area contributed by atoms with E-state index in [4.69, 9.17) is 39.3 Å². The molecule has 11 heteroatoms. The number of hydrogen-bond acceptors (Lipinski definition) is 8. The molecule has 0 heterocycles. The summed E-state index contributed by atoms with van der Waals surface area (Å²) in [5, 5.41) is 0.512. The molecule has 1 rings (SSSR count). The van der Waals surface area contributed by atoms with Crippen LogP contribution in [-0.2, 0) is 13.6 Å². The maximum absolute atomic E-state index is 12.5. The van der Waals surface area contributed by atoms with E-state index in [0.29, 0.717) is 5.03 Å². The zero-order chi connectivity index (χ0) is 19.8. The van der Waals surface area contributed by atoms with Gasteiger partial charge in [-0.3, -0.25) is 9.46 Å². The van der Waals surface area contributed by atoms with Crippen LogP contribution in [0.3, 0.4) is 0 Å². The van der Waals surface area contributed by atoms with E-state index in [1.807, 2.05) is 31.2 Å². The van der Waals surface area contributed by atoms with Crippen molar-refractivity contribution >= 4 is 24.2 Å². The van der Waals surface area contributed by atoms with Crippen molar-refractivity contribution in [3.05, 3.63) is 41.5 Å². The molecule has 0 spiro atoms. The molecule has 25 heavy (non-hydrogen) atoms. The molecule has 1 aromatic carbocycles. The highest BCUT2D eigenvalue weighted by Crippen LogP contribution is 2.53. The van der Waals surface area contributed by atoms with Crippen LogP contribution in [0.15, 0.2) is 30.3 Å². The number of nitrogens with zero attached hydrogens (tertiary/aromatic N) is 1. The summed E-state index contributed by atoms with van der Waals surface area (Å²) >= 11 is 6.32. The van der Waals surface area contributed by atoms with Crippen molar-refractivity contribution in [3.63, 3.8) is 0 Å². The van der Waals surface area contributed by atoms with Gasteiger partial charge in [-0.2, -0.15) is 14.0 Å². The number of benzene rings is 1. The predicted octanol–water partition coefficient (Wildman–Crippen LogP) is -0.176. The summed E-state index contributed by atoms with van der Waals surface area (Å²) in [5.41, 5.74) is 2.02. The predicted molar refractivity (Wildman–Crippen MR) is 86.3 cm³/mol. The highest BCUT2D eigenvalue weighted by molar-refractivity contribution is 7.54. The molecule has 0 aliphatic carbocycles. The largest absolute Gasteiger partial charge is 0.351 e. The Kier molecular flexibility index (Phi) is 10.4. The molecular weight excluding hydrogens is 396 g/mol. The molecule has 1 atom stereocenters. The second kappa shape index (κ2) is 10.6. The van der Waals surface area contributed by atoms with Crippen LogP contribution in [0.25, 0.3) is 5.03 Å². The van der Waals surface area contributed by atoms with Gasteiger partial charge in [-0.05, 0) is 32.7 Å². The Morgan fingerprint density at radius 1 is 1.24 bits per heavy atom. The normalized spacial score (nSPS) is 14.1. The first-order chi connectivity index (χ1) is 11.3. The molecule has 0 aliphatic heterocycles. The van der Waals surface area contributed by atoms with E-state index < -0.39 is 23.6 Å². The lowest BCUT2D eigenvalue weighted by molar-refractivity contribution is -1.92. The molecule has 1 unspecified atom stereocenters. The van der Waals surface area contributed by atoms with Crippen molar-refractivity contribution in [3.8, 4) is 0 Å². The van der Waals surface area contributed by atoms with Crippen LogP contribution in [0.5, 0.6) is 0 Å². The van der Waals surface area contributed by atoms with Crippen molar-refractivity contribution in [1.82, 2.24) is 4.90 Å². The van der Waals surface area contributed by atoms with Gasteiger partial charge < -0.3 is 9.05 Å². The molecule has 0 bridgehead atoms. The summed E-state index contributed by atoms with van der Waals surface area (Å²) in [6, 6.07) is 7.79. The first-order valence-electron chi connectivity index (χ1n) is 6.79. The summed E-state index contributed by atoms with van der Waals surface area (Å²) in [6.07, 6.45) is 1.69. The molecule has 0 radical (unpaired) electrons. The fourth-order valence-electron chi connectivity index (χ4n) is 1.75. The van der Waals surface area contributed by atoms with E-state index >= 15 is 0 Å². The molecule has 0 saturated heterocycles. The maximum Gasteiger partial charge on any atom is 0.351 e. The number of likely N-dealkylation sites (N-methyl/N-ethyl adjacent to an activating group) is 1. The minimum atomic E-state index is -4.69. The van der Waals surface area contributed by atoms with Crippen LogP contribution in [-0.4, -0.2) is 43.7 Å². The zero-order valence-electron chi connectivity index (χ0n) is 14.5. The molecule has 144 valence electrons.